The Morgan fingerprint density at radius 2 is 1.88 bits per heavy atom. The predicted octanol–water partition coefficient (Wildman–Crippen LogP) is -0.597. The molecule has 0 fully saturated rings. The summed E-state index contributed by atoms with van der Waals surface area (Å²) in [6.07, 6.45) is -3.78. The van der Waals surface area contributed by atoms with Gasteiger partial charge in [-0.25, -0.2) is 9.18 Å². The first-order chi connectivity index (χ1) is 7.84. The Hall–Kier alpha value is -1.99. The molecule has 17 heavy (non-hydrogen) atoms. The third-order valence-corrected chi connectivity index (χ3v) is 2.15. The fourth-order valence-electron chi connectivity index (χ4n) is 1.30. The van der Waals surface area contributed by atoms with Crippen LogP contribution in [-0.4, -0.2) is 33.3 Å². The normalized spacial score (nSPS) is 14.1. The number of amides is 1. The van der Waals surface area contributed by atoms with Gasteiger partial charge >= 0.3 is 5.97 Å². The Bertz CT molecular complexity index is 462. The number of primary amides is 1. The van der Waals surface area contributed by atoms with Crippen molar-refractivity contribution in [2.24, 2.45) is 5.73 Å². The van der Waals surface area contributed by atoms with Crippen LogP contribution in [0.25, 0.3) is 0 Å². The highest BCUT2D eigenvalue weighted by atomic mass is 19.1. The summed E-state index contributed by atoms with van der Waals surface area (Å²) < 4.78 is 12.8. The van der Waals surface area contributed by atoms with Gasteiger partial charge in [-0.2, -0.15) is 0 Å². The van der Waals surface area contributed by atoms with E-state index in [0.717, 1.165) is 12.1 Å². The number of carboxylic acid groups (broad SMARTS) is 1. The highest BCUT2D eigenvalue weighted by Gasteiger charge is 2.27. The summed E-state index contributed by atoms with van der Waals surface area (Å²) in [6.45, 7) is 0. The first-order valence-corrected chi connectivity index (χ1v) is 4.52. The number of hydrogen-bond acceptors (Lipinski definition) is 4. The Morgan fingerprint density at radius 1 is 1.29 bits per heavy atom. The van der Waals surface area contributed by atoms with E-state index < -0.39 is 35.5 Å². The highest BCUT2D eigenvalue weighted by Crippen LogP contribution is 2.22. The predicted molar refractivity (Wildman–Crippen MR) is 53.5 cm³/mol. The standard InChI is InChI=1S/C10H10FNO5/c11-4-1-2-5(6(3-4)10(16)17)7(13)8(14)9(12)15/h1-3,7-8,13-14H,(H2,12,15)(H,16,17). The first-order valence-electron chi connectivity index (χ1n) is 4.52. The second-order valence-electron chi connectivity index (χ2n) is 3.33. The summed E-state index contributed by atoms with van der Waals surface area (Å²) in [5, 5.41) is 27.5. The van der Waals surface area contributed by atoms with Gasteiger partial charge in [-0.05, 0) is 17.7 Å². The average Bonchev–Trinajstić information content (AvgIpc) is 2.26. The molecule has 92 valence electrons. The number of benzene rings is 1. The summed E-state index contributed by atoms with van der Waals surface area (Å²) in [4.78, 5) is 21.4. The number of carbonyl (C=O) groups is 2. The molecule has 0 aliphatic carbocycles. The monoisotopic (exact) mass is 243 g/mol. The number of nitrogens with two attached hydrogens (primary N) is 1. The largest absolute Gasteiger partial charge is 0.478 e. The molecule has 0 heterocycles. The molecule has 0 aromatic heterocycles. The minimum atomic E-state index is -1.96. The molecule has 0 spiro atoms. The van der Waals surface area contributed by atoms with E-state index in [0.29, 0.717) is 6.07 Å². The van der Waals surface area contributed by atoms with Crippen LogP contribution in [0.5, 0.6) is 0 Å². The van der Waals surface area contributed by atoms with Gasteiger partial charge in [0.1, 0.15) is 11.9 Å². The molecular weight excluding hydrogens is 233 g/mol. The molecule has 1 rings (SSSR count). The van der Waals surface area contributed by atoms with Crippen molar-refractivity contribution >= 4 is 11.9 Å². The van der Waals surface area contributed by atoms with Crippen LogP contribution in [0.15, 0.2) is 18.2 Å². The second-order valence-corrected chi connectivity index (χ2v) is 3.33. The van der Waals surface area contributed by atoms with Crippen LogP contribution in [-0.2, 0) is 4.79 Å². The van der Waals surface area contributed by atoms with Crippen molar-refractivity contribution in [1.82, 2.24) is 0 Å². The van der Waals surface area contributed by atoms with Crippen molar-refractivity contribution in [2.75, 3.05) is 0 Å². The number of halogens is 1. The van der Waals surface area contributed by atoms with Gasteiger partial charge in [0.15, 0.2) is 6.10 Å². The number of hydrogen-bond donors (Lipinski definition) is 4. The van der Waals surface area contributed by atoms with Crippen LogP contribution >= 0.6 is 0 Å². The maximum Gasteiger partial charge on any atom is 0.336 e. The maximum absolute atomic E-state index is 12.8. The Morgan fingerprint density at radius 3 is 2.35 bits per heavy atom. The van der Waals surface area contributed by atoms with Crippen LogP contribution in [0.2, 0.25) is 0 Å². The lowest BCUT2D eigenvalue weighted by Crippen LogP contribution is -2.34. The van der Waals surface area contributed by atoms with Crippen LogP contribution in [0.1, 0.15) is 22.0 Å². The molecule has 0 aliphatic rings. The molecule has 0 bridgehead atoms. The summed E-state index contributed by atoms with van der Waals surface area (Å²) in [7, 11) is 0. The van der Waals surface area contributed by atoms with E-state index in [1.807, 2.05) is 0 Å². The summed E-state index contributed by atoms with van der Waals surface area (Å²) in [5.41, 5.74) is 3.93. The van der Waals surface area contributed by atoms with Crippen molar-refractivity contribution in [3.8, 4) is 0 Å². The van der Waals surface area contributed by atoms with Gasteiger partial charge in [0.2, 0.25) is 5.91 Å². The maximum atomic E-state index is 12.8. The second kappa shape index (κ2) is 4.89. The van der Waals surface area contributed by atoms with E-state index in [4.69, 9.17) is 10.8 Å². The van der Waals surface area contributed by atoms with Gasteiger partial charge in [0.25, 0.3) is 0 Å². The van der Waals surface area contributed by atoms with Crippen molar-refractivity contribution < 1.29 is 29.3 Å². The zero-order valence-electron chi connectivity index (χ0n) is 8.50. The number of carboxylic acids is 1. The van der Waals surface area contributed by atoms with Crippen molar-refractivity contribution in [1.29, 1.82) is 0 Å². The number of aliphatic hydroxyl groups is 2. The fraction of sp³-hybridized carbons (Fsp3) is 0.200. The molecule has 1 aromatic carbocycles. The van der Waals surface area contributed by atoms with Gasteiger partial charge in [-0.1, -0.05) is 6.07 Å². The van der Waals surface area contributed by atoms with Crippen LogP contribution < -0.4 is 5.73 Å². The summed E-state index contributed by atoms with van der Waals surface area (Å²) in [5.74, 6) is -3.51. The molecule has 0 aliphatic heterocycles. The molecule has 2 atom stereocenters. The van der Waals surface area contributed by atoms with Crippen LogP contribution in [0.4, 0.5) is 4.39 Å². The molecule has 1 amide bonds. The molecule has 5 N–H and O–H groups in total. The van der Waals surface area contributed by atoms with E-state index in [1.165, 1.54) is 0 Å². The average molecular weight is 243 g/mol. The molecule has 1 aromatic rings. The quantitative estimate of drug-likeness (QED) is 0.562. The Balaban J connectivity index is 3.21. The van der Waals surface area contributed by atoms with Crippen LogP contribution in [0.3, 0.4) is 0 Å². The fourth-order valence-corrected chi connectivity index (χ4v) is 1.30. The lowest BCUT2D eigenvalue weighted by Gasteiger charge is -2.17. The van der Waals surface area contributed by atoms with E-state index in [9.17, 15) is 24.2 Å². The zero-order chi connectivity index (χ0) is 13.2. The van der Waals surface area contributed by atoms with Gasteiger partial charge in [0.05, 0.1) is 5.56 Å². The molecule has 0 radical (unpaired) electrons. The zero-order valence-corrected chi connectivity index (χ0v) is 8.50. The smallest absolute Gasteiger partial charge is 0.336 e. The third kappa shape index (κ3) is 2.77. The minimum Gasteiger partial charge on any atom is -0.478 e. The topological polar surface area (TPSA) is 121 Å². The number of rotatable bonds is 4. The lowest BCUT2D eigenvalue weighted by atomic mass is 9.98. The van der Waals surface area contributed by atoms with Gasteiger partial charge in [-0.3, -0.25) is 4.79 Å². The molecule has 2 unspecified atom stereocenters. The molecular formula is C10H10FNO5. The Kier molecular flexibility index (Phi) is 3.77. The molecule has 6 nitrogen and oxygen atoms in total. The SMILES string of the molecule is NC(=O)C(O)C(O)c1ccc(F)cc1C(=O)O. The van der Waals surface area contributed by atoms with E-state index in [-0.39, 0.29) is 5.56 Å². The number of aromatic carboxylic acids is 1. The Labute approximate surface area is 95.1 Å². The molecule has 0 saturated carbocycles. The summed E-state index contributed by atoms with van der Waals surface area (Å²) in [6, 6.07) is 2.54. The highest BCUT2D eigenvalue weighted by molar-refractivity contribution is 5.90. The van der Waals surface area contributed by atoms with Gasteiger partial charge in [0, 0.05) is 0 Å². The lowest BCUT2D eigenvalue weighted by molar-refractivity contribution is -0.132. The van der Waals surface area contributed by atoms with Gasteiger partial charge in [-0.15, -0.1) is 0 Å². The van der Waals surface area contributed by atoms with E-state index >= 15 is 0 Å². The third-order valence-electron chi connectivity index (χ3n) is 2.15. The van der Waals surface area contributed by atoms with Crippen molar-refractivity contribution in [2.45, 2.75) is 12.2 Å². The van der Waals surface area contributed by atoms with Crippen molar-refractivity contribution in [3.63, 3.8) is 0 Å². The molecule has 7 heteroatoms. The van der Waals surface area contributed by atoms with Gasteiger partial charge < -0.3 is 21.1 Å². The van der Waals surface area contributed by atoms with Crippen LogP contribution in [0, 0.1) is 5.82 Å². The molecule has 0 saturated heterocycles. The van der Waals surface area contributed by atoms with Crippen molar-refractivity contribution in [3.05, 3.63) is 35.1 Å². The van der Waals surface area contributed by atoms with E-state index in [1.54, 1.807) is 0 Å². The first kappa shape index (κ1) is 13.1. The number of aliphatic hydroxyl groups excluding tert-OH is 2. The van der Waals surface area contributed by atoms with E-state index in [2.05, 4.69) is 0 Å². The minimum absolute atomic E-state index is 0.287. The summed E-state index contributed by atoms with van der Waals surface area (Å²) >= 11 is 0. The number of carbonyl (C=O) groups excluding carboxylic acids is 1.